The molecule has 136 valence electrons. The molecule has 0 atom stereocenters. The van der Waals surface area contributed by atoms with E-state index in [-0.39, 0.29) is 11.9 Å². The van der Waals surface area contributed by atoms with Crippen molar-refractivity contribution in [3.05, 3.63) is 22.7 Å². The average Bonchev–Trinajstić information content (AvgIpc) is 2.55. The SMILES string of the molecule is NC1=NC2(CCCCC2)N(c2cccc(OCC(F)F)c2Br)C(N)=N1. The average molecular weight is 416 g/mol. The molecule has 6 nitrogen and oxygen atoms in total. The summed E-state index contributed by atoms with van der Waals surface area (Å²) in [5, 5.41) is 0. The molecule has 1 aromatic rings. The number of benzene rings is 1. The second-order valence-electron chi connectivity index (χ2n) is 6.11. The molecule has 4 N–H and O–H groups in total. The Morgan fingerprint density at radius 3 is 2.64 bits per heavy atom. The fourth-order valence-corrected chi connectivity index (χ4v) is 3.96. The van der Waals surface area contributed by atoms with Crippen LogP contribution in [0.25, 0.3) is 0 Å². The quantitative estimate of drug-likeness (QED) is 0.789. The summed E-state index contributed by atoms with van der Waals surface area (Å²) in [7, 11) is 0. The summed E-state index contributed by atoms with van der Waals surface area (Å²) in [4.78, 5) is 10.5. The maximum absolute atomic E-state index is 12.5. The van der Waals surface area contributed by atoms with Gasteiger partial charge in [-0.05, 0) is 53.7 Å². The number of guanidine groups is 2. The lowest BCUT2D eigenvalue weighted by atomic mass is 9.87. The molecule has 1 heterocycles. The van der Waals surface area contributed by atoms with E-state index in [1.807, 2.05) is 11.0 Å². The van der Waals surface area contributed by atoms with Crippen molar-refractivity contribution in [2.24, 2.45) is 21.5 Å². The van der Waals surface area contributed by atoms with Crippen LogP contribution in [-0.2, 0) is 0 Å². The van der Waals surface area contributed by atoms with E-state index in [9.17, 15) is 8.78 Å². The van der Waals surface area contributed by atoms with Crippen molar-refractivity contribution < 1.29 is 13.5 Å². The fraction of sp³-hybridized carbons (Fsp3) is 0.500. The van der Waals surface area contributed by atoms with E-state index in [2.05, 4.69) is 25.9 Å². The third-order valence-corrected chi connectivity index (χ3v) is 5.20. The number of nitrogens with zero attached hydrogens (tertiary/aromatic N) is 3. The van der Waals surface area contributed by atoms with Crippen LogP contribution in [0.2, 0.25) is 0 Å². The van der Waals surface area contributed by atoms with Crippen LogP contribution in [0.4, 0.5) is 14.5 Å². The van der Waals surface area contributed by atoms with Gasteiger partial charge in [-0.1, -0.05) is 12.5 Å². The lowest BCUT2D eigenvalue weighted by molar-refractivity contribution is 0.0815. The van der Waals surface area contributed by atoms with Crippen LogP contribution in [0.15, 0.2) is 32.7 Å². The number of hydrogen-bond acceptors (Lipinski definition) is 6. The second kappa shape index (κ2) is 7.15. The van der Waals surface area contributed by atoms with Gasteiger partial charge < -0.3 is 16.2 Å². The van der Waals surface area contributed by atoms with Crippen molar-refractivity contribution in [1.82, 2.24) is 0 Å². The highest BCUT2D eigenvalue weighted by atomic mass is 79.9. The van der Waals surface area contributed by atoms with Crippen LogP contribution in [-0.4, -0.2) is 30.6 Å². The van der Waals surface area contributed by atoms with Crippen molar-refractivity contribution >= 4 is 33.5 Å². The van der Waals surface area contributed by atoms with Gasteiger partial charge in [0.05, 0.1) is 10.2 Å². The van der Waals surface area contributed by atoms with Gasteiger partial charge in [-0.3, -0.25) is 4.90 Å². The third-order valence-electron chi connectivity index (χ3n) is 4.40. The van der Waals surface area contributed by atoms with E-state index >= 15 is 0 Å². The molecule has 1 saturated carbocycles. The largest absolute Gasteiger partial charge is 0.486 e. The summed E-state index contributed by atoms with van der Waals surface area (Å²) in [6, 6.07) is 5.18. The molecule has 2 aliphatic rings. The summed E-state index contributed by atoms with van der Waals surface area (Å²) in [6.07, 6.45) is 2.16. The highest BCUT2D eigenvalue weighted by molar-refractivity contribution is 9.10. The zero-order chi connectivity index (χ0) is 18.0. The van der Waals surface area contributed by atoms with Gasteiger partial charge in [0.25, 0.3) is 6.43 Å². The maximum atomic E-state index is 12.5. The fourth-order valence-electron chi connectivity index (χ4n) is 3.41. The number of ether oxygens (including phenoxy) is 1. The standard InChI is InChI=1S/C16H20BrF2N5O/c17-13-10(5-4-6-11(13)25-9-12(18)19)24-15(21)22-14(20)23-16(24)7-2-1-3-8-16/h4-6,12H,1-3,7-9H2,(H4,20,21,22,23). The monoisotopic (exact) mass is 415 g/mol. The van der Waals surface area contributed by atoms with E-state index in [4.69, 9.17) is 16.2 Å². The van der Waals surface area contributed by atoms with Crippen molar-refractivity contribution in [3.63, 3.8) is 0 Å². The first kappa shape index (κ1) is 17.9. The summed E-state index contributed by atoms with van der Waals surface area (Å²) in [5.41, 5.74) is 12.1. The molecule has 0 saturated heterocycles. The highest BCUT2D eigenvalue weighted by Gasteiger charge is 2.43. The Bertz CT molecular complexity index is 704. The molecule has 1 aliphatic heterocycles. The first-order valence-electron chi connectivity index (χ1n) is 8.12. The van der Waals surface area contributed by atoms with Gasteiger partial charge >= 0.3 is 0 Å². The minimum Gasteiger partial charge on any atom is -0.486 e. The zero-order valence-corrected chi connectivity index (χ0v) is 15.2. The van der Waals surface area contributed by atoms with Crippen LogP contribution in [0.3, 0.4) is 0 Å². The molecule has 9 heteroatoms. The van der Waals surface area contributed by atoms with E-state index in [0.29, 0.717) is 15.9 Å². The van der Waals surface area contributed by atoms with E-state index < -0.39 is 18.7 Å². The molecule has 0 aromatic heterocycles. The summed E-state index contributed by atoms with van der Waals surface area (Å²) < 4.78 is 30.7. The topological polar surface area (TPSA) is 89.2 Å². The molecule has 3 rings (SSSR count). The van der Waals surface area contributed by atoms with Crippen molar-refractivity contribution in [2.75, 3.05) is 11.5 Å². The summed E-state index contributed by atoms with van der Waals surface area (Å²) in [5.74, 6) is 0.720. The highest BCUT2D eigenvalue weighted by Crippen LogP contribution is 2.44. The Balaban J connectivity index is 2.01. The van der Waals surface area contributed by atoms with Crippen LogP contribution < -0.4 is 21.1 Å². The number of halogens is 3. The van der Waals surface area contributed by atoms with Gasteiger partial charge in [-0.25, -0.2) is 13.8 Å². The molecular weight excluding hydrogens is 396 g/mol. The third kappa shape index (κ3) is 3.56. The molecule has 1 spiro atoms. The Labute approximate surface area is 153 Å². The number of hydrogen-bond donors (Lipinski definition) is 2. The smallest absolute Gasteiger partial charge is 0.272 e. The molecule has 1 aromatic carbocycles. The van der Waals surface area contributed by atoms with Gasteiger partial charge in [0.2, 0.25) is 11.9 Å². The number of nitrogens with two attached hydrogens (primary N) is 2. The number of rotatable bonds is 4. The molecule has 1 fully saturated rings. The Morgan fingerprint density at radius 1 is 1.24 bits per heavy atom. The minimum absolute atomic E-state index is 0.164. The number of aliphatic imine (C=N–C) groups is 2. The lowest BCUT2D eigenvalue weighted by Gasteiger charge is -2.46. The first-order valence-corrected chi connectivity index (χ1v) is 8.91. The molecule has 0 amide bonds. The molecular formula is C16H20BrF2N5O. The summed E-state index contributed by atoms with van der Waals surface area (Å²) >= 11 is 3.46. The van der Waals surface area contributed by atoms with E-state index in [1.54, 1.807) is 12.1 Å². The predicted octanol–water partition coefficient (Wildman–Crippen LogP) is 3.20. The summed E-state index contributed by atoms with van der Waals surface area (Å²) in [6.45, 7) is -0.679. The van der Waals surface area contributed by atoms with Crippen LogP contribution in [0.1, 0.15) is 32.1 Å². The minimum atomic E-state index is -2.55. The van der Waals surface area contributed by atoms with E-state index in [0.717, 1.165) is 32.1 Å². The Morgan fingerprint density at radius 2 is 1.96 bits per heavy atom. The van der Waals surface area contributed by atoms with Crippen molar-refractivity contribution in [1.29, 1.82) is 0 Å². The molecule has 25 heavy (non-hydrogen) atoms. The van der Waals surface area contributed by atoms with Crippen LogP contribution in [0, 0.1) is 0 Å². The van der Waals surface area contributed by atoms with Crippen molar-refractivity contribution in [3.8, 4) is 5.75 Å². The molecule has 0 unspecified atom stereocenters. The van der Waals surface area contributed by atoms with Gasteiger partial charge in [0.15, 0.2) is 0 Å². The first-order chi connectivity index (χ1) is 11.9. The normalized spacial score (nSPS) is 19.8. The number of anilines is 1. The second-order valence-corrected chi connectivity index (χ2v) is 6.90. The van der Waals surface area contributed by atoms with Crippen molar-refractivity contribution in [2.45, 2.75) is 44.2 Å². The van der Waals surface area contributed by atoms with Gasteiger partial charge in [0, 0.05) is 0 Å². The maximum Gasteiger partial charge on any atom is 0.272 e. The van der Waals surface area contributed by atoms with E-state index in [1.165, 1.54) is 0 Å². The Kier molecular flexibility index (Phi) is 5.12. The molecule has 0 radical (unpaired) electrons. The predicted molar refractivity (Wildman–Crippen MR) is 97.2 cm³/mol. The Hall–Kier alpha value is -1.90. The lowest BCUT2D eigenvalue weighted by Crippen LogP contribution is -2.58. The zero-order valence-electron chi connectivity index (χ0n) is 13.6. The van der Waals surface area contributed by atoms with Gasteiger partial charge in [0.1, 0.15) is 18.0 Å². The van der Waals surface area contributed by atoms with Gasteiger partial charge in [-0.15, -0.1) is 0 Å². The van der Waals surface area contributed by atoms with Crippen LogP contribution >= 0.6 is 15.9 Å². The molecule has 0 bridgehead atoms. The van der Waals surface area contributed by atoms with Gasteiger partial charge in [-0.2, -0.15) is 4.99 Å². The number of alkyl halides is 2. The van der Waals surface area contributed by atoms with Crippen LogP contribution in [0.5, 0.6) is 5.75 Å². The molecule has 1 aliphatic carbocycles.